The van der Waals surface area contributed by atoms with Crippen molar-refractivity contribution < 1.29 is 29.0 Å². The molecule has 2 rings (SSSR count). The van der Waals surface area contributed by atoms with E-state index in [0.717, 1.165) is 0 Å². The number of rotatable bonds is 8. The Balaban J connectivity index is 1.98. The molecule has 27 heavy (non-hydrogen) atoms. The van der Waals surface area contributed by atoms with Crippen molar-refractivity contribution in [3.63, 3.8) is 0 Å². The minimum atomic E-state index is -0.864. The van der Waals surface area contributed by atoms with Gasteiger partial charge in [0.25, 0.3) is 5.09 Å². The Morgan fingerprint density at radius 3 is 2.33 bits per heavy atom. The zero-order valence-electron chi connectivity index (χ0n) is 14.4. The molecule has 142 valence electrons. The van der Waals surface area contributed by atoms with Gasteiger partial charge in [0.1, 0.15) is 18.1 Å². The van der Waals surface area contributed by atoms with E-state index < -0.39 is 17.0 Å². The molecule has 0 fully saturated rings. The summed E-state index contributed by atoms with van der Waals surface area (Å²) in [4.78, 5) is 37.6. The van der Waals surface area contributed by atoms with Crippen LogP contribution in [0, 0.1) is 10.1 Å². The second-order valence-corrected chi connectivity index (χ2v) is 5.80. The van der Waals surface area contributed by atoms with E-state index in [9.17, 15) is 19.7 Å². The third-order valence-corrected chi connectivity index (χ3v) is 3.74. The van der Waals surface area contributed by atoms with Crippen molar-refractivity contribution in [2.24, 2.45) is 0 Å². The highest BCUT2D eigenvalue weighted by Gasteiger charge is 2.12. The van der Waals surface area contributed by atoms with E-state index in [1.807, 2.05) is 0 Å². The predicted octanol–water partition coefficient (Wildman–Crippen LogP) is 2.90. The number of carbonyl (C=O) groups excluding carboxylic acids is 2. The van der Waals surface area contributed by atoms with Crippen molar-refractivity contribution in [1.29, 1.82) is 0 Å². The van der Waals surface area contributed by atoms with Crippen LogP contribution in [0.3, 0.4) is 0 Å². The topological polar surface area (TPSA) is 105 Å². The molecule has 0 saturated carbocycles. The first-order chi connectivity index (χ1) is 12.9. The van der Waals surface area contributed by atoms with E-state index in [1.54, 1.807) is 36.4 Å². The lowest BCUT2D eigenvalue weighted by Gasteiger charge is -2.11. The van der Waals surface area contributed by atoms with Crippen molar-refractivity contribution in [3.05, 3.63) is 69.3 Å². The quantitative estimate of drug-likeness (QED) is 0.242. The minimum absolute atomic E-state index is 0.0219. The molecular formula is C18H17NO7S. The minimum Gasteiger partial charge on any atom is -0.427 e. The molecule has 0 saturated heterocycles. The summed E-state index contributed by atoms with van der Waals surface area (Å²) >= 11 is 4.19. The number of carbonyl (C=O) groups is 2. The van der Waals surface area contributed by atoms with Gasteiger partial charge in [-0.3, -0.25) is 9.59 Å². The average Bonchev–Trinajstić information content (AvgIpc) is 2.61. The predicted molar refractivity (Wildman–Crippen MR) is 98.0 cm³/mol. The van der Waals surface area contributed by atoms with Crippen LogP contribution < -0.4 is 9.47 Å². The number of hydrogen-bond donors (Lipinski definition) is 1. The molecule has 0 heterocycles. The van der Waals surface area contributed by atoms with Gasteiger partial charge in [0.15, 0.2) is 0 Å². The van der Waals surface area contributed by atoms with Crippen LogP contribution in [0.1, 0.15) is 23.6 Å². The Morgan fingerprint density at radius 2 is 1.74 bits per heavy atom. The molecule has 2 aromatic rings. The molecule has 0 aliphatic carbocycles. The maximum Gasteiger partial charge on any atom is 0.315 e. The molecule has 0 radical (unpaired) electrons. The van der Waals surface area contributed by atoms with Crippen LogP contribution in [0.15, 0.2) is 42.5 Å². The largest absolute Gasteiger partial charge is 0.427 e. The highest BCUT2D eigenvalue weighted by atomic mass is 32.1. The second kappa shape index (κ2) is 9.58. The van der Waals surface area contributed by atoms with Crippen LogP contribution in [-0.2, 0) is 33.2 Å². The number of benzene rings is 2. The van der Waals surface area contributed by atoms with Crippen molar-refractivity contribution in [1.82, 2.24) is 0 Å². The average molecular weight is 391 g/mol. The fourth-order valence-electron chi connectivity index (χ4n) is 2.21. The summed E-state index contributed by atoms with van der Waals surface area (Å²) in [6, 6.07) is 11.3. The molecule has 0 spiro atoms. The normalized spacial score (nSPS) is 10.1. The maximum absolute atomic E-state index is 12.2. The van der Waals surface area contributed by atoms with Gasteiger partial charge in [0.2, 0.25) is 0 Å². The molecule has 0 atom stereocenters. The third-order valence-electron chi connectivity index (χ3n) is 3.40. The lowest BCUT2D eigenvalue weighted by Crippen LogP contribution is -2.12. The number of nitrogens with zero attached hydrogens (tertiary/aromatic N) is 1. The molecule has 8 nitrogen and oxygen atoms in total. The Kier molecular flexibility index (Phi) is 7.18. The Labute approximate surface area is 160 Å². The molecule has 9 heteroatoms. The van der Waals surface area contributed by atoms with Gasteiger partial charge < -0.3 is 14.3 Å². The number of ether oxygens (including phenoxy) is 2. The number of thiol groups is 1. The summed E-state index contributed by atoms with van der Waals surface area (Å²) in [6.07, 6.45) is 0.0219. The van der Waals surface area contributed by atoms with Crippen molar-refractivity contribution in [3.8, 4) is 11.5 Å². The third kappa shape index (κ3) is 6.63. The zero-order chi connectivity index (χ0) is 19.8. The van der Waals surface area contributed by atoms with Crippen LogP contribution in [-0.4, -0.2) is 17.0 Å². The van der Waals surface area contributed by atoms with Crippen molar-refractivity contribution in [2.75, 3.05) is 0 Å². The fourth-order valence-corrected chi connectivity index (χ4v) is 2.46. The van der Waals surface area contributed by atoms with Crippen molar-refractivity contribution >= 4 is 24.6 Å². The first-order valence-corrected chi connectivity index (χ1v) is 8.48. The lowest BCUT2D eigenvalue weighted by atomic mass is 10.1. The summed E-state index contributed by atoms with van der Waals surface area (Å²) in [5.74, 6) is 0.0494. The Morgan fingerprint density at radius 1 is 1.07 bits per heavy atom. The van der Waals surface area contributed by atoms with E-state index in [0.29, 0.717) is 33.9 Å². The van der Waals surface area contributed by atoms with Gasteiger partial charge in [-0.1, -0.05) is 24.3 Å². The zero-order valence-corrected chi connectivity index (χ0v) is 15.3. The molecule has 0 aromatic heterocycles. The first kappa shape index (κ1) is 20.2. The van der Waals surface area contributed by atoms with Gasteiger partial charge >= 0.3 is 11.9 Å². The second-order valence-electron chi connectivity index (χ2n) is 5.49. The summed E-state index contributed by atoms with van der Waals surface area (Å²) in [5, 5.41) is 9.31. The number of esters is 2. The Hall–Kier alpha value is -3.07. The molecule has 0 N–H and O–H groups in total. The van der Waals surface area contributed by atoms with E-state index in [4.69, 9.17) is 9.47 Å². The fraction of sp³-hybridized carbons (Fsp3) is 0.222. The highest BCUT2D eigenvalue weighted by Crippen LogP contribution is 2.26. The van der Waals surface area contributed by atoms with Gasteiger partial charge in [-0.15, -0.1) is 10.1 Å². The molecule has 0 amide bonds. The summed E-state index contributed by atoms with van der Waals surface area (Å²) in [6.45, 7) is 1.14. The van der Waals surface area contributed by atoms with E-state index in [-0.39, 0.29) is 13.0 Å². The van der Waals surface area contributed by atoms with Crippen LogP contribution >= 0.6 is 12.6 Å². The maximum atomic E-state index is 12.2. The summed E-state index contributed by atoms with van der Waals surface area (Å²) in [7, 11) is 0. The molecule has 2 aromatic carbocycles. The summed E-state index contributed by atoms with van der Waals surface area (Å²) in [5.41, 5.74) is 1.91. The lowest BCUT2D eigenvalue weighted by molar-refractivity contribution is -0.763. The van der Waals surface area contributed by atoms with Gasteiger partial charge in [-0.05, 0) is 29.3 Å². The SMILES string of the molecule is CC(=O)Oc1ccc(OC(=O)Cc2ccc(CO[N+](=O)[O-])cc2)c(CS)c1. The first-order valence-electron chi connectivity index (χ1n) is 7.85. The van der Waals surface area contributed by atoms with Crippen LogP contribution in [0.2, 0.25) is 0 Å². The number of hydrogen-bond acceptors (Lipinski definition) is 8. The monoisotopic (exact) mass is 391 g/mol. The van der Waals surface area contributed by atoms with Gasteiger partial charge in [-0.25, -0.2) is 0 Å². The van der Waals surface area contributed by atoms with Crippen LogP contribution in [0.25, 0.3) is 0 Å². The van der Waals surface area contributed by atoms with Crippen LogP contribution in [0.5, 0.6) is 11.5 Å². The van der Waals surface area contributed by atoms with Gasteiger partial charge in [0, 0.05) is 18.2 Å². The van der Waals surface area contributed by atoms with Crippen molar-refractivity contribution in [2.45, 2.75) is 25.7 Å². The highest BCUT2D eigenvalue weighted by molar-refractivity contribution is 7.79. The molecule has 0 aliphatic heterocycles. The Bertz CT molecular complexity index is 836. The smallest absolute Gasteiger partial charge is 0.315 e. The molecule has 0 aliphatic rings. The van der Waals surface area contributed by atoms with Gasteiger partial charge in [0.05, 0.1) is 6.42 Å². The van der Waals surface area contributed by atoms with E-state index in [2.05, 4.69) is 17.5 Å². The van der Waals surface area contributed by atoms with Crippen LogP contribution in [0.4, 0.5) is 0 Å². The van der Waals surface area contributed by atoms with E-state index in [1.165, 1.54) is 13.0 Å². The molecule has 0 bridgehead atoms. The van der Waals surface area contributed by atoms with Gasteiger partial charge in [-0.2, -0.15) is 12.6 Å². The molecule has 0 unspecified atom stereocenters. The van der Waals surface area contributed by atoms with E-state index >= 15 is 0 Å². The molecular weight excluding hydrogens is 374 g/mol. The standard InChI is InChI=1S/C18H17NO7S/c1-12(20)25-16-6-7-17(15(9-16)11-27)26-18(21)8-13-2-4-14(5-3-13)10-24-19(22)23/h2-7,9,27H,8,10-11H2,1H3. The summed E-state index contributed by atoms with van der Waals surface area (Å²) < 4.78 is 10.4.